The number of methoxy groups -OCH3 is 1. The summed E-state index contributed by atoms with van der Waals surface area (Å²) in [5.41, 5.74) is 2.12. The molecule has 6 nitrogen and oxygen atoms in total. The van der Waals surface area contributed by atoms with Crippen LogP contribution >= 0.6 is 11.6 Å². The van der Waals surface area contributed by atoms with E-state index in [1.165, 1.54) is 13.2 Å². The minimum absolute atomic E-state index is 0.00882. The van der Waals surface area contributed by atoms with E-state index >= 15 is 0 Å². The lowest BCUT2D eigenvalue weighted by molar-refractivity contribution is -0.115. The fraction of sp³-hybridized carbons (Fsp3) is 0.235. The summed E-state index contributed by atoms with van der Waals surface area (Å²) < 4.78 is 32.3. The maximum Gasteiger partial charge on any atom is 0.244 e. The monoisotopic (exact) mass is 382 g/mol. The minimum atomic E-state index is -3.89. The molecule has 0 saturated carbocycles. The zero-order chi connectivity index (χ0) is 18.6. The molecule has 0 saturated heterocycles. The number of sulfonamides is 1. The summed E-state index contributed by atoms with van der Waals surface area (Å²) in [6.07, 6.45) is 0. The van der Waals surface area contributed by atoms with Gasteiger partial charge < -0.3 is 10.1 Å². The van der Waals surface area contributed by atoms with Crippen LogP contribution in [0.4, 0.5) is 5.69 Å². The van der Waals surface area contributed by atoms with E-state index in [9.17, 15) is 13.2 Å². The number of nitrogens with one attached hydrogen (secondary N) is 2. The largest absolute Gasteiger partial charge is 0.495 e. The average molecular weight is 383 g/mol. The number of amides is 1. The van der Waals surface area contributed by atoms with Gasteiger partial charge in [-0.25, -0.2) is 13.1 Å². The summed E-state index contributed by atoms with van der Waals surface area (Å²) in [6.45, 7) is 3.17. The van der Waals surface area contributed by atoms with Crippen LogP contribution in [0.3, 0.4) is 0 Å². The lowest BCUT2D eigenvalue weighted by Crippen LogP contribution is -2.33. The molecule has 0 fully saturated rings. The third-order valence-corrected chi connectivity index (χ3v) is 5.15. The molecule has 2 rings (SSSR count). The highest BCUT2D eigenvalue weighted by Gasteiger charge is 2.20. The Morgan fingerprint density at radius 1 is 1.16 bits per heavy atom. The van der Waals surface area contributed by atoms with Crippen molar-refractivity contribution in [3.8, 4) is 5.75 Å². The van der Waals surface area contributed by atoms with Crippen LogP contribution in [0, 0.1) is 13.8 Å². The van der Waals surface area contributed by atoms with Gasteiger partial charge in [-0.05, 0) is 55.3 Å². The number of carbonyl (C=O) groups excluding carboxylic acids is 1. The molecule has 8 heteroatoms. The number of carbonyl (C=O) groups is 1. The summed E-state index contributed by atoms with van der Waals surface area (Å²) in [5.74, 6) is -0.271. The lowest BCUT2D eigenvalue weighted by atomic mass is 10.2. The maximum atomic E-state index is 12.4. The van der Waals surface area contributed by atoms with Gasteiger partial charge in [0.1, 0.15) is 10.6 Å². The van der Waals surface area contributed by atoms with E-state index in [0.717, 1.165) is 11.1 Å². The normalized spacial score (nSPS) is 11.2. The highest BCUT2D eigenvalue weighted by Crippen LogP contribution is 2.24. The van der Waals surface area contributed by atoms with Crippen LogP contribution in [0.25, 0.3) is 0 Å². The Labute approximate surface area is 152 Å². The summed E-state index contributed by atoms with van der Waals surface area (Å²) >= 11 is 5.87. The molecular weight excluding hydrogens is 364 g/mol. The van der Waals surface area contributed by atoms with E-state index < -0.39 is 22.5 Å². The third kappa shape index (κ3) is 4.94. The van der Waals surface area contributed by atoms with Crippen molar-refractivity contribution in [3.63, 3.8) is 0 Å². The van der Waals surface area contributed by atoms with Crippen molar-refractivity contribution in [2.45, 2.75) is 18.7 Å². The van der Waals surface area contributed by atoms with Gasteiger partial charge in [-0.3, -0.25) is 4.79 Å². The molecule has 2 aromatic rings. The first-order valence-corrected chi connectivity index (χ1v) is 9.29. The van der Waals surface area contributed by atoms with Crippen LogP contribution in [0.2, 0.25) is 5.02 Å². The molecule has 0 radical (unpaired) electrons. The van der Waals surface area contributed by atoms with Crippen molar-refractivity contribution in [3.05, 3.63) is 52.5 Å². The average Bonchev–Trinajstić information content (AvgIpc) is 2.55. The molecule has 134 valence electrons. The highest BCUT2D eigenvalue weighted by atomic mass is 35.5. The van der Waals surface area contributed by atoms with Gasteiger partial charge >= 0.3 is 0 Å². The first-order chi connectivity index (χ1) is 11.7. The highest BCUT2D eigenvalue weighted by molar-refractivity contribution is 7.89. The Hall–Kier alpha value is -2.09. The van der Waals surface area contributed by atoms with Gasteiger partial charge in [0.05, 0.1) is 13.7 Å². The molecule has 0 aliphatic heterocycles. The van der Waals surface area contributed by atoms with Gasteiger partial charge in [0.2, 0.25) is 15.9 Å². The molecule has 0 spiro atoms. The molecule has 2 N–H and O–H groups in total. The predicted octanol–water partition coefficient (Wildman–Crippen LogP) is 2.88. The zero-order valence-corrected chi connectivity index (χ0v) is 15.7. The smallest absolute Gasteiger partial charge is 0.244 e. The number of rotatable bonds is 6. The molecule has 2 aromatic carbocycles. The second-order valence-electron chi connectivity index (χ2n) is 5.49. The maximum absolute atomic E-state index is 12.4. The van der Waals surface area contributed by atoms with Crippen molar-refractivity contribution in [2.24, 2.45) is 0 Å². The SMILES string of the molecule is COc1ccc(C)cc1S(=O)(=O)NCC(=O)Nc1ccc(Cl)cc1C. The van der Waals surface area contributed by atoms with Crippen molar-refractivity contribution >= 4 is 33.2 Å². The Kier molecular flexibility index (Phi) is 6.05. The first-order valence-electron chi connectivity index (χ1n) is 7.43. The van der Waals surface area contributed by atoms with Crippen molar-refractivity contribution in [1.82, 2.24) is 4.72 Å². The molecular formula is C17H19ClN2O4S. The quantitative estimate of drug-likeness (QED) is 0.804. The topological polar surface area (TPSA) is 84.5 Å². The predicted molar refractivity (Wildman–Crippen MR) is 97.7 cm³/mol. The molecule has 25 heavy (non-hydrogen) atoms. The minimum Gasteiger partial charge on any atom is -0.495 e. The Morgan fingerprint density at radius 3 is 2.52 bits per heavy atom. The number of anilines is 1. The van der Waals surface area contributed by atoms with Crippen LogP contribution < -0.4 is 14.8 Å². The van der Waals surface area contributed by atoms with Gasteiger partial charge in [-0.1, -0.05) is 17.7 Å². The van der Waals surface area contributed by atoms with Gasteiger partial charge in [0, 0.05) is 10.7 Å². The summed E-state index contributed by atoms with van der Waals surface area (Å²) in [7, 11) is -2.50. The van der Waals surface area contributed by atoms with Crippen LogP contribution in [-0.2, 0) is 14.8 Å². The molecule has 0 aliphatic carbocycles. The Bertz CT molecular complexity index is 898. The van der Waals surface area contributed by atoms with Gasteiger partial charge in [0.15, 0.2) is 0 Å². The Balaban J connectivity index is 2.09. The lowest BCUT2D eigenvalue weighted by Gasteiger charge is -2.12. The van der Waals surface area contributed by atoms with Crippen molar-refractivity contribution < 1.29 is 17.9 Å². The van der Waals surface area contributed by atoms with Crippen LogP contribution in [0.5, 0.6) is 5.75 Å². The molecule has 0 aliphatic rings. The van der Waals surface area contributed by atoms with Gasteiger partial charge in [0.25, 0.3) is 0 Å². The zero-order valence-electron chi connectivity index (χ0n) is 14.1. The van der Waals surface area contributed by atoms with E-state index in [2.05, 4.69) is 10.0 Å². The third-order valence-electron chi connectivity index (χ3n) is 3.49. The number of halogens is 1. The standard InChI is InChI=1S/C17H19ClN2O4S/c1-11-4-7-15(24-3)16(8-11)25(22,23)19-10-17(21)20-14-6-5-13(18)9-12(14)2/h4-9,19H,10H2,1-3H3,(H,20,21). The number of benzene rings is 2. The molecule has 0 heterocycles. The van der Waals surface area contributed by atoms with Gasteiger partial charge in [-0.15, -0.1) is 0 Å². The summed E-state index contributed by atoms with van der Waals surface area (Å²) in [5, 5.41) is 3.20. The Morgan fingerprint density at radius 2 is 1.88 bits per heavy atom. The number of hydrogen-bond donors (Lipinski definition) is 2. The second-order valence-corrected chi connectivity index (χ2v) is 7.66. The van der Waals surface area contributed by atoms with Crippen molar-refractivity contribution in [1.29, 1.82) is 0 Å². The van der Waals surface area contributed by atoms with Crippen LogP contribution in [-0.4, -0.2) is 28.0 Å². The number of hydrogen-bond acceptors (Lipinski definition) is 4. The van der Waals surface area contributed by atoms with Gasteiger partial charge in [-0.2, -0.15) is 0 Å². The van der Waals surface area contributed by atoms with E-state index in [0.29, 0.717) is 10.7 Å². The molecule has 1 amide bonds. The second kappa shape index (κ2) is 7.86. The first kappa shape index (κ1) is 19.2. The van der Waals surface area contributed by atoms with E-state index in [1.54, 1.807) is 44.2 Å². The molecule has 0 atom stereocenters. The van der Waals surface area contributed by atoms with Crippen LogP contribution in [0.1, 0.15) is 11.1 Å². The fourth-order valence-corrected chi connectivity index (χ4v) is 3.65. The van der Waals surface area contributed by atoms with E-state index in [4.69, 9.17) is 16.3 Å². The fourth-order valence-electron chi connectivity index (χ4n) is 2.19. The molecule has 0 aromatic heterocycles. The molecule has 0 bridgehead atoms. The number of aryl methyl sites for hydroxylation is 2. The van der Waals surface area contributed by atoms with Crippen molar-refractivity contribution in [2.75, 3.05) is 19.0 Å². The van der Waals surface area contributed by atoms with E-state index in [-0.39, 0.29) is 10.6 Å². The summed E-state index contributed by atoms with van der Waals surface area (Å²) in [6, 6.07) is 9.82. The molecule has 0 unspecified atom stereocenters. The summed E-state index contributed by atoms with van der Waals surface area (Å²) in [4.78, 5) is 12.0. The van der Waals surface area contributed by atoms with Crippen LogP contribution in [0.15, 0.2) is 41.3 Å². The van der Waals surface area contributed by atoms with E-state index in [1.807, 2.05) is 0 Å². The number of ether oxygens (including phenoxy) is 1.